The monoisotopic (exact) mass is 381 g/mol. The van der Waals surface area contributed by atoms with E-state index in [9.17, 15) is 4.79 Å². The number of rotatable bonds is 4. The molecular weight excluding hydrogens is 362 g/mol. The average Bonchev–Trinajstić information content (AvgIpc) is 3.15. The van der Waals surface area contributed by atoms with Crippen molar-refractivity contribution in [3.8, 4) is 0 Å². The Morgan fingerprint density at radius 1 is 1.22 bits per heavy atom. The molecule has 0 atom stereocenters. The molecule has 0 radical (unpaired) electrons. The Balaban J connectivity index is 1.76. The molecule has 6 nitrogen and oxygen atoms in total. The fourth-order valence-electron chi connectivity index (χ4n) is 2.82. The number of carbonyl (C=O) groups is 1. The summed E-state index contributed by atoms with van der Waals surface area (Å²) in [5, 5.41) is 0.615. The van der Waals surface area contributed by atoms with Gasteiger partial charge in [0.2, 0.25) is 5.76 Å². The minimum absolute atomic E-state index is 0.185. The summed E-state index contributed by atoms with van der Waals surface area (Å²) in [6.45, 7) is 5.21. The van der Waals surface area contributed by atoms with Crippen LogP contribution in [0.15, 0.2) is 48.5 Å². The Labute approximate surface area is 161 Å². The number of nitrogens with zero attached hydrogens (tertiary/aromatic N) is 3. The van der Waals surface area contributed by atoms with Crippen LogP contribution >= 0.6 is 11.3 Å². The number of benzene rings is 1. The van der Waals surface area contributed by atoms with Crippen LogP contribution in [0.4, 0.5) is 5.13 Å². The molecular formula is C20H19N3O3S. The Bertz CT molecular complexity index is 1010. The lowest BCUT2D eigenvalue weighted by Crippen LogP contribution is -2.34. The highest BCUT2D eigenvalue weighted by atomic mass is 32.1. The number of pyridine rings is 1. The highest BCUT2D eigenvalue weighted by Gasteiger charge is 2.27. The van der Waals surface area contributed by atoms with Crippen LogP contribution in [0.2, 0.25) is 0 Å². The number of ether oxygens (including phenoxy) is 2. The molecule has 0 bridgehead atoms. The molecule has 3 heterocycles. The predicted molar refractivity (Wildman–Crippen MR) is 105 cm³/mol. The Kier molecular flexibility index (Phi) is 4.77. The van der Waals surface area contributed by atoms with Crippen LogP contribution in [0.3, 0.4) is 0 Å². The van der Waals surface area contributed by atoms with Crippen LogP contribution < -0.4 is 4.90 Å². The molecule has 1 amide bonds. The smallest absolute Gasteiger partial charge is 0.298 e. The second-order valence-electron chi connectivity index (χ2n) is 6.26. The zero-order valence-corrected chi connectivity index (χ0v) is 16.0. The molecule has 0 saturated carbocycles. The van der Waals surface area contributed by atoms with Crippen molar-refractivity contribution in [1.82, 2.24) is 9.97 Å². The van der Waals surface area contributed by atoms with Gasteiger partial charge in [0.05, 0.1) is 22.5 Å². The zero-order valence-electron chi connectivity index (χ0n) is 15.1. The van der Waals surface area contributed by atoms with E-state index in [4.69, 9.17) is 14.5 Å². The molecule has 0 spiro atoms. The molecule has 0 fully saturated rings. The van der Waals surface area contributed by atoms with Crippen molar-refractivity contribution in [1.29, 1.82) is 0 Å². The second kappa shape index (κ2) is 7.36. The Hall–Kier alpha value is -2.93. The molecule has 0 aliphatic carbocycles. The van der Waals surface area contributed by atoms with Crippen LogP contribution in [0.25, 0.3) is 10.2 Å². The summed E-state index contributed by atoms with van der Waals surface area (Å²) in [7, 11) is 0. The van der Waals surface area contributed by atoms with E-state index in [1.54, 1.807) is 11.1 Å². The topological polar surface area (TPSA) is 64.6 Å². The second-order valence-corrected chi connectivity index (χ2v) is 7.27. The number of hydrogen-bond donors (Lipinski definition) is 0. The molecule has 138 valence electrons. The molecule has 0 N–H and O–H groups in total. The third-order valence-electron chi connectivity index (χ3n) is 4.46. The van der Waals surface area contributed by atoms with Gasteiger partial charge in [0, 0.05) is 6.20 Å². The fraction of sp³-hybridized carbons (Fsp3) is 0.250. The molecule has 1 aliphatic rings. The molecule has 0 unspecified atom stereocenters. The highest BCUT2D eigenvalue weighted by molar-refractivity contribution is 7.22. The van der Waals surface area contributed by atoms with Crippen LogP contribution in [0.1, 0.15) is 16.8 Å². The highest BCUT2D eigenvalue weighted by Crippen LogP contribution is 2.33. The number of carbonyl (C=O) groups excluding carboxylic acids is 1. The Morgan fingerprint density at radius 2 is 2.11 bits per heavy atom. The molecule has 1 aromatic carbocycles. The van der Waals surface area contributed by atoms with Gasteiger partial charge in [-0.2, -0.15) is 0 Å². The number of aromatic nitrogens is 2. The van der Waals surface area contributed by atoms with Gasteiger partial charge in [0.25, 0.3) is 5.91 Å². The first-order valence-electron chi connectivity index (χ1n) is 8.66. The van der Waals surface area contributed by atoms with Crippen LogP contribution in [-0.2, 0) is 20.8 Å². The summed E-state index contributed by atoms with van der Waals surface area (Å²) in [5.41, 5.74) is 3.99. The van der Waals surface area contributed by atoms with Gasteiger partial charge in [-0.25, -0.2) is 4.98 Å². The molecule has 7 heteroatoms. The van der Waals surface area contributed by atoms with E-state index in [2.05, 4.69) is 18.0 Å². The summed E-state index contributed by atoms with van der Waals surface area (Å²) in [6, 6.07) is 9.75. The maximum atomic E-state index is 13.1. The van der Waals surface area contributed by atoms with Crippen molar-refractivity contribution in [2.45, 2.75) is 20.4 Å². The van der Waals surface area contributed by atoms with E-state index in [-0.39, 0.29) is 11.7 Å². The Morgan fingerprint density at radius 3 is 2.85 bits per heavy atom. The fourth-order valence-corrected chi connectivity index (χ4v) is 3.85. The number of aryl methyl sites for hydroxylation is 2. The van der Waals surface area contributed by atoms with E-state index in [0.29, 0.717) is 24.9 Å². The van der Waals surface area contributed by atoms with Crippen molar-refractivity contribution in [3.63, 3.8) is 0 Å². The number of anilines is 1. The maximum Gasteiger partial charge on any atom is 0.298 e. The standard InChI is InChI=1S/C20H19N3O3S/c1-13-6-7-17-18(14(13)2)22-20(27-17)23(11-15-5-3-4-8-21-15)19(24)16-12-25-9-10-26-16/h3-8,12H,9-11H2,1-2H3. The number of thiazole rings is 1. The van der Waals surface area contributed by atoms with Gasteiger partial charge in [-0.15, -0.1) is 0 Å². The van der Waals surface area contributed by atoms with Crippen LogP contribution in [-0.4, -0.2) is 29.1 Å². The van der Waals surface area contributed by atoms with Crippen molar-refractivity contribution in [2.24, 2.45) is 0 Å². The third-order valence-corrected chi connectivity index (χ3v) is 5.50. The number of fused-ring (bicyclic) bond motifs is 1. The summed E-state index contributed by atoms with van der Waals surface area (Å²) < 4.78 is 11.8. The molecule has 3 aromatic rings. The van der Waals surface area contributed by atoms with Gasteiger partial charge < -0.3 is 9.47 Å². The third kappa shape index (κ3) is 3.50. The molecule has 4 rings (SSSR count). The SMILES string of the molecule is Cc1ccc2sc(N(Cc3ccccn3)C(=O)C3=COCCO3)nc2c1C. The first kappa shape index (κ1) is 17.5. The van der Waals surface area contributed by atoms with E-state index in [1.807, 2.05) is 31.2 Å². The molecule has 27 heavy (non-hydrogen) atoms. The van der Waals surface area contributed by atoms with Gasteiger partial charge in [-0.3, -0.25) is 14.7 Å². The molecule has 0 saturated heterocycles. The van der Waals surface area contributed by atoms with Gasteiger partial charge in [-0.1, -0.05) is 23.5 Å². The summed E-state index contributed by atoms with van der Waals surface area (Å²) in [5.74, 6) is -0.0990. The summed E-state index contributed by atoms with van der Waals surface area (Å²) in [6.07, 6.45) is 3.09. The lowest BCUT2D eigenvalue weighted by molar-refractivity contribution is -0.120. The lowest BCUT2D eigenvalue weighted by atomic mass is 10.1. The maximum absolute atomic E-state index is 13.1. The number of amides is 1. The minimum atomic E-state index is -0.284. The summed E-state index contributed by atoms with van der Waals surface area (Å²) >= 11 is 1.48. The van der Waals surface area contributed by atoms with Gasteiger partial charge in [0.1, 0.15) is 19.5 Å². The quantitative estimate of drug-likeness (QED) is 0.689. The first-order valence-corrected chi connectivity index (χ1v) is 9.48. The largest absolute Gasteiger partial charge is 0.494 e. The van der Waals surface area contributed by atoms with Crippen molar-refractivity contribution in [3.05, 3.63) is 65.4 Å². The first-order chi connectivity index (χ1) is 13.1. The summed E-state index contributed by atoms with van der Waals surface area (Å²) in [4.78, 5) is 23.8. The van der Waals surface area contributed by atoms with E-state index < -0.39 is 0 Å². The average molecular weight is 381 g/mol. The van der Waals surface area contributed by atoms with Crippen LogP contribution in [0, 0.1) is 13.8 Å². The predicted octanol–water partition coefficient (Wildman–Crippen LogP) is 3.73. The van der Waals surface area contributed by atoms with Crippen molar-refractivity contribution in [2.75, 3.05) is 18.1 Å². The van der Waals surface area contributed by atoms with Gasteiger partial charge >= 0.3 is 0 Å². The van der Waals surface area contributed by atoms with E-state index in [0.717, 1.165) is 21.5 Å². The van der Waals surface area contributed by atoms with Crippen LogP contribution in [0.5, 0.6) is 0 Å². The van der Waals surface area contributed by atoms with E-state index in [1.165, 1.54) is 23.2 Å². The lowest BCUT2D eigenvalue weighted by Gasteiger charge is -2.22. The zero-order chi connectivity index (χ0) is 18.8. The molecule has 1 aliphatic heterocycles. The van der Waals surface area contributed by atoms with E-state index >= 15 is 0 Å². The normalized spacial score (nSPS) is 13.6. The van der Waals surface area contributed by atoms with Crippen molar-refractivity contribution < 1.29 is 14.3 Å². The van der Waals surface area contributed by atoms with Gasteiger partial charge in [0.15, 0.2) is 5.13 Å². The van der Waals surface area contributed by atoms with Gasteiger partial charge in [-0.05, 0) is 43.2 Å². The molecule has 2 aromatic heterocycles. The minimum Gasteiger partial charge on any atom is -0.494 e. The number of hydrogen-bond acceptors (Lipinski definition) is 6. The van der Waals surface area contributed by atoms with Crippen molar-refractivity contribution >= 4 is 32.6 Å².